The Labute approximate surface area is 158 Å². The van der Waals surface area contributed by atoms with Crippen molar-refractivity contribution < 1.29 is 13.9 Å². The number of carbonyl (C=O) groups is 1. The highest BCUT2D eigenvalue weighted by Gasteiger charge is 2.40. The maximum atomic E-state index is 14.6. The van der Waals surface area contributed by atoms with E-state index >= 15 is 0 Å². The molecule has 28 heavy (non-hydrogen) atoms. The minimum absolute atomic E-state index is 0.0385. The van der Waals surface area contributed by atoms with Crippen molar-refractivity contribution in [3.63, 3.8) is 0 Å². The number of hydrogen-bond acceptors (Lipinski definition) is 5. The fourth-order valence-corrected chi connectivity index (χ4v) is 3.53. The maximum Gasteiger partial charge on any atom is 0.340 e. The van der Waals surface area contributed by atoms with Crippen LogP contribution in [0.2, 0.25) is 0 Å². The largest absolute Gasteiger partial charge is 0.462 e. The van der Waals surface area contributed by atoms with Crippen molar-refractivity contribution in [1.82, 2.24) is 9.36 Å². The number of carbonyl (C=O) groups excluding carboxylic acids is 1. The van der Waals surface area contributed by atoms with Crippen LogP contribution in [0.3, 0.4) is 0 Å². The molecule has 1 atom stereocenters. The Morgan fingerprint density at radius 3 is 2.32 bits per heavy atom. The summed E-state index contributed by atoms with van der Waals surface area (Å²) in [5.41, 5.74) is 4.87. The number of hydrogen-bond donors (Lipinski definition) is 1. The number of nitrogens with zero attached hydrogens (tertiary/aromatic N) is 2. The molecular weight excluding hydrogens is 365 g/mol. The molecule has 1 aliphatic heterocycles. The summed E-state index contributed by atoms with van der Waals surface area (Å²) in [4.78, 5) is 38.8. The fourth-order valence-electron chi connectivity index (χ4n) is 3.53. The molecular formula is C20H16FN3O4. The minimum atomic E-state index is -1.22. The van der Waals surface area contributed by atoms with Gasteiger partial charge in [-0.1, -0.05) is 30.3 Å². The lowest BCUT2D eigenvalue weighted by Crippen LogP contribution is -2.38. The van der Waals surface area contributed by atoms with Gasteiger partial charge in [-0.15, -0.1) is 0 Å². The van der Waals surface area contributed by atoms with Crippen molar-refractivity contribution in [3.05, 3.63) is 86.2 Å². The summed E-state index contributed by atoms with van der Waals surface area (Å²) in [6, 6.07) is 10.7. The molecule has 1 aliphatic rings. The monoisotopic (exact) mass is 381 g/mol. The summed E-state index contributed by atoms with van der Waals surface area (Å²) < 4.78 is 21.6. The second kappa shape index (κ2) is 6.49. The van der Waals surface area contributed by atoms with Gasteiger partial charge in [-0.25, -0.2) is 13.9 Å². The predicted octanol–water partition coefficient (Wildman–Crippen LogP) is 1.60. The molecule has 2 heterocycles. The minimum Gasteiger partial charge on any atom is -0.462 e. The van der Waals surface area contributed by atoms with Gasteiger partial charge in [0.25, 0.3) is 11.1 Å². The molecule has 1 unspecified atom stereocenters. The van der Waals surface area contributed by atoms with Crippen LogP contribution in [0.15, 0.2) is 63.7 Å². The van der Waals surface area contributed by atoms with E-state index in [0.29, 0.717) is 0 Å². The molecule has 3 aromatic rings. The van der Waals surface area contributed by atoms with Gasteiger partial charge in [-0.2, -0.15) is 4.68 Å². The van der Waals surface area contributed by atoms with Crippen molar-refractivity contribution >= 4 is 22.6 Å². The van der Waals surface area contributed by atoms with E-state index in [0.717, 1.165) is 9.36 Å². The summed E-state index contributed by atoms with van der Waals surface area (Å²) in [5.74, 6) is -1.70. The Balaban J connectivity index is 2.14. The number of fused-ring (bicyclic) bond motifs is 2. The summed E-state index contributed by atoms with van der Waals surface area (Å²) in [6.07, 6.45) is 0. The molecule has 142 valence electrons. The first-order valence-corrected chi connectivity index (χ1v) is 8.65. The molecule has 0 saturated carbocycles. The molecule has 0 aliphatic carbocycles. The van der Waals surface area contributed by atoms with Crippen LogP contribution in [-0.2, 0) is 9.53 Å². The average Bonchev–Trinajstić information content (AvgIpc) is 3.00. The molecule has 8 heteroatoms. The van der Waals surface area contributed by atoms with E-state index in [4.69, 9.17) is 10.5 Å². The second-order valence-electron chi connectivity index (χ2n) is 6.26. The quantitative estimate of drug-likeness (QED) is 0.695. The van der Waals surface area contributed by atoms with Crippen LogP contribution in [0.4, 0.5) is 4.39 Å². The summed E-state index contributed by atoms with van der Waals surface area (Å²) in [7, 11) is 0. The van der Waals surface area contributed by atoms with E-state index in [-0.39, 0.29) is 34.3 Å². The number of ether oxygens (including phenoxy) is 1. The van der Waals surface area contributed by atoms with Crippen LogP contribution in [0.25, 0.3) is 16.6 Å². The number of rotatable bonds is 3. The lowest BCUT2D eigenvalue weighted by molar-refractivity contribution is -0.138. The third kappa shape index (κ3) is 2.38. The zero-order chi connectivity index (χ0) is 20.0. The van der Waals surface area contributed by atoms with Gasteiger partial charge in [0, 0.05) is 5.56 Å². The Morgan fingerprint density at radius 2 is 1.68 bits per heavy atom. The molecule has 2 N–H and O–H groups in total. The Bertz CT molecular complexity index is 1270. The zero-order valence-electron chi connectivity index (χ0n) is 14.9. The van der Waals surface area contributed by atoms with Crippen molar-refractivity contribution in [2.45, 2.75) is 13.0 Å². The topological polar surface area (TPSA) is 96.3 Å². The third-order valence-electron chi connectivity index (χ3n) is 4.72. The third-order valence-corrected chi connectivity index (χ3v) is 4.72. The standard InChI is InChI=1S/C20H16FN3O4/c1-2-28-20(27)15-16(13-9-5-6-10-14(13)21)23-18(25)11-7-3-4-8-12(11)19(26)24(23)17(15)22/h3-10,16H,2,22H2,1H3. The van der Waals surface area contributed by atoms with Crippen LogP contribution in [-0.4, -0.2) is 21.9 Å². The first-order chi connectivity index (χ1) is 13.5. The molecule has 0 fully saturated rings. The molecule has 0 bridgehead atoms. The van der Waals surface area contributed by atoms with Crippen LogP contribution >= 0.6 is 0 Å². The number of esters is 1. The average molecular weight is 381 g/mol. The van der Waals surface area contributed by atoms with Crippen LogP contribution < -0.4 is 16.9 Å². The van der Waals surface area contributed by atoms with E-state index in [1.54, 1.807) is 25.1 Å². The van der Waals surface area contributed by atoms with Gasteiger partial charge in [0.05, 0.1) is 17.4 Å². The van der Waals surface area contributed by atoms with Crippen molar-refractivity contribution in [1.29, 1.82) is 0 Å². The molecule has 0 saturated heterocycles. The first-order valence-electron chi connectivity index (χ1n) is 8.65. The van der Waals surface area contributed by atoms with Gasteiger partial charge in [0.15, 0.2) is 0 Å². The Morgan fingerprint density at radius 1 is 1.07 bits per heavy atom. The number of aromatic nitrogens is 2. The number of nitrogens with two attached hydrogens (primary N) is 1. The van der Waals surface area contributed by atoms with E-state index in [1.807, 2.05) is 0 Å². The molecule has 2 aromatic carbocycles. The molecule has 0 amide bonds. The van der Waals surface area contributed by atoms with E-state index in [2.05, 4.69) is 0 Å². The van der Waals surface area contributed by atoms with Crippen molar-refractivity contribution in [2.24, 2.45) is 5.73 Å². The van der Waals surface area contributed by atoms with Gasteiger partial charge >= 0.3 is 5.97 Å². The van der Waals surface area contributed by atoms with Gasteiger partial charge in [-0.05, 0) is 25.1 Å². The highest BCUT2D eigenvalue weighted by atomic mass is 19.1. The zero-order valence-corrected chi connectivity index (χ0v) is 14.9. The Kier molecular flexibility index (Phi) is 4.11. The van der Waals surface area contributed by atoms with Crippen molar-refractivity contribution in [3.8, 4) is 0 Å². The molecule has 4 rings (SSSR count). The number of benzene rings is 2. The van der Waals surface area contributed by atoms with E-state index in [9.17, 15) is 18.8 Å². The van der Waals surface area contributed by atoms with Gasteiger partial charge in [0.1, 0.15) is 23.3 Å². The molecule has 0 spiro atoms. The van der Waals surface area contributed by atoms with Gasteiger partial charge < -0.3 is 10.5 Å². The first kappa shape index (κ1) is 17.7. The highest BCUT2D eigenvalue weighted by Crippen LogP contribution is 2.34. The lowest BCUT2D eigenvalue weighted by atomic mass is 9.99. The maximum absolute atomic E-state index is 14.6. The van der Waals surface area contributed by atoms with E-state index in [1.165, 1.54) is 30.3 Å². The van der Waals surface area contributed by atoms with Crippen LogP contribution in [0, 0.1) is 5.82 Å². The summed E-state index contributed by atoms with van der Waals surface area (Å²) in [6.45, 7) is 1.67. The number of halogens is 1. The van der Waals surface area contributed by atoms with Crippen LogP contribution in [0.5, 0.6) is 0 Å². The van der Waals surface area contributed by atoms with E-state index < -0.39 is 28.9 Å². The molecule has 7 nitrogen and oxygen atoms in total. The molecule has 0 radical (unpaired) electrons. The summed E-state index contributed by atoms with van der Waals surface area (Å²) >= 11 is 0. The van der Waals surface area contributed by atoms with Gasteiger partial charge in [0.2, 0.25) is 0 Å². The van der Waals surface area contributed by atoms with Crippen molar-refractivity contribution in [2.75, 3.05) is 6.61 Å². The Hall–Kier alpha value is -3.68. The lowest BCUT2D eigenvalue weighted by Gasteiger charge is -2.18. The van der Waals surface area contributed by atoms with Crippen LogP contribution in [0.1, 0.15) is 18.5 Å². The second-order valence-corrected chi connectivity index (χ2v) is 6.26. The fraction of sp³-hybridized carbons (Fsp3) is 0.150. The smallest absolute Gasteiger partial charge is 0.340 e. The normalized spacial score (nSPS) is 15.7. The SMILES string of the molecule is CCOC(=O)C1=C(N)n2c(=O)c3ccccc3c(=O)n2C1c1ccccc1F. The highest BCUT2D eigenvalue weighted by molar-refractivity contribution is 5.97. The summed E-state index contributed by atoms with van der Waals surface area (Å²) in [5, 5.41) is 0.312. The van der Waals surface area contributed by atoms with Gasteiger partial charge in [-0.3, -0.25) is 9.59 Å². The molecule has 1 aromatic heterocycles. The predicted molar refractivity (Wildman–Crippen MR) is 101 cm³/mol.